The van der Waals surface area contributed by atoms with Crippen LogP contribution >= 0.6 is 15.9 Å². The minimum atomic E-state index is 0.690. The molecule has 1 aliphatic heterocycles. The molecule has 1 aromatic carbocycles. The van der Waals surface area contributed by atoms with Crippen molar-refractivity contribution in [2.75, 3.05) is 18.1 Å². The van der Waals surface area contributed by atoms with E-state index in [0.29, 0.717) is 6.61 Å². The van der Waals surface area contributed by atoms with Crippen molar-refractivity contribution in [1.82, 2.24) is 4.98 Å². The number of hydrogen-bond donors (Lipinski definition) is 0. The third kappa shape index (κ3) is 2.59. The van der Waals surface area contributed by atoms with Crippen molar-refractivity contribution >= 4 is 21.7 Å². The number of nitrogens with zero attached hydrogens (tertiary/aromatic N) is 2. The summed E-state index contributed by atoms with van der Waals surface area (Å²) in [6.07, 6.45) is 1.85. The van der Waals surface area contributed by atoms with Crippen molar-refractivity contribution in [3.05, 3.63) is 53.7 Å². The summed E-state index contributed by atoms with van der Waals surface area (Å²) < 4.78 is 5.79. The SMILES string of the molecule is BrCc1cccnc1N1CCOc2ccccc2C1. The van der Waals surface area contributed by atoms with E-state index >= 15 is 0 Å². The molecule has 0 aliphatic carbocycles. The van der Waals surface area contributed by atoms with E-state index in [1.165, 1.54) is 11.1 Å². The van der Waals surface area contributed by atoms with E-state index in [0.717, 1.165) is 30.0 Å². The van der Waals surface area contributed by atoms with Gasteiger partial charge < -0.3 is 9.64 Å². The van der Waals surface area contributed by atoms with Crippen LogP contribution in [0, 0.1) is 0 Å². The van der Waals surface area contributed by atoms with E-state index in [1.807, 2.05) is 24.4 Å². The highest BCUT2D eigenvalue weighted by Gasteiger charge is 2.17. The van der Waals surface area contributed by atoms with Crippen LogP contribution in [0.5, 0.6) is 5.75 Å². The number of anilines is 1. The van der Waals surface area contributed by atoms with Gasteiger partial charge in [0.2, 0.25) is 0 Å². The normalized spacial score (nSPS) is 14.5. The van der Waals surface area contributed by atoms with E-state index in [-0.39, 0.29) is 0 Å². The van der Waals surface area contributed by atoms with Gasteiger partial charge in [-0.05, 0) is 12.1 Å². The van der Waals surface area contributed by atoms with Gasteiger partial charge in [0.25, 0.3) is 0 Å². The maximum Gasteiger partial charge on any atom is 0.132 e. The Balaban J connectivity index is 1.94. The Morgan fingerprint density at radius 3 is 3.00 bits per heavy atom. The van der Waals surface area contributed by atoms with Gasteiger partial charge in [0, 0.05) is 29.2 Å². The number of alkyl halides is 1. The molecule has 0 radical (unpaired) electrons. The van der Waals surface area contributed by atoms with Crippen LogP contribution in [0.1, 0.15) is 11.1 Å². The monoisotopic (exact) mass is 318 g/mol. The molecular weight excluding hydrogens is 304 g/mol. The fourth-order valence-corrected chi connectivity index (χ4v) is 2.76. The highest BCUT2D eigenvalue weighted by atomic mass is 79.9. The molecule has 19 heavy (non-hydrogen) atoms. The van der Waals surface area contributed by atoms with E-state index in [4.69, 9.17) is 4.74 Å². The average molecular weight is 319 g/mol. The average Bonchev–Trinajstić information content (AvgIpc) is 2.69. The lowest BCUT2D eigenvalue weighted by atomic mass is 10.2. The largest absolute Gasteiger partial charge is 0.491 e. The molecule has 0 amide bonds. The van der Waals surface area contributed by atoms with E-state index < -0.39 is 0 Å². The van der Waals surface area contributed by atoms with E-state index in [2.05, 4.69) is 44.0 Å². The van der Waals surface area contributed by atoms with Crippen molar-refractivity contribution < 1.29 is 4.74 Å². The first-order valence-electron chi connectivity index (χ1n) is 6.34. The standard InChI is InChI=1S/C15H15BrN2O/c16-10-12-5-3-7-17-15(12)18-8-9-19-14-6-2-1-4-13(14)11-18/h1-7H,8-11H2. The zero-order valence-corrected chi connectivity index (χ0v) is 12.1. The number of aromatic nitrogens is 1. The third-order valence-electron chi connectivity index (χ3n) is 3.26. The summed E-state index contributed by atoms with van der Waals surface area (Å²) in [6, 6.07) is 12.3. The number of benzene rings is 1. The lowest BCUT2D eigenvalue weighted by molar-refractivity contribution is 0.331. The van der Waals surface area contributed by atoms with Gasteiger partial charge in [-0.1, -0.05) is 40.2 Å². The second-order valence-electron chi connectivity index (χ2n) is 4.50. The second-order valence-corrected chi connectivity index (χ2v) is 5.06. The highest BCUT2D eigenvalue weighted by Crippen LogP contribution is 2.27. The summed E-state index contributed by atoms with van der Waals surface area (Å²) in [5.41, 5.74) is 2.42. The van der Waals surface area contributed by atoms with Crippen LogP contribution in [-0.2, 0) is 11.9 Å². The van der Waals surface area contributed by atoms with E-state index in [9.17, 15) is 0 Å². The van der Waals surface area contributed by atoms with Gasteiger partial charge in [0.05, 0.1) is 6.54 Å². The number of ether oxygens (including phenoxy) is 1. The molecule has 1 aliphatic rings. The number of halogens is 1. The van der Waals surface area contributed by atoms with Gasteiger partial charge in [-0.25, -0.2) is 4.98 Å². The van der Waals surface area contributed by atoms with Crippen molar-refractivity contribution in [2.24, 2.45) is 0 Å². The predicted octanol–water partition coefficient (Wildman–Crippen LogP) is 3.38. The lowest BCUT2D eigenvalue weighted by Gasteiger charge is -2.23. The van der Waals surface area contributed by atoms with Gasteiger partial charge in [-0.15, -0.1) is 0 Å². The number of fused-ring (bicyclic) bond motifs is 1. The molecule has 0 N–H and O–H groups in total. The summed E-state index contributed by atoms with van der Waals surface area (Å²) in [5.74, 6) is 2.03. The number of hydrogen-bond acceptors (Lipinski definition) is 3. The molecule has 1 aromatic heterocycles. The zero-order chi connectivity index (χ0) is 13.1. The van der Waals surface area contributed by atoms with Crippen molar-refractivity contribution in [1.29, 1.82) is 0 Å². The fraction of sp³-hybridized carbons (Fsp3) is 0.267. The summed E-state index contributed by atoms with van der Waals surface area (Å²) in [5, 5.41) is 0.815. The first-order valence-corrected chi connectivity index (χ1v) is 7.46. The molecule has 0 fully saturated rings. The maximum absolute atomic E-state index is 5.79. The van der Waals surface area contributed by atoms with Gasteiger partial charge in [-0.3, -0.25) is 0 Å². The zero-order valence-electron chi connectivity index (χ0n) is 10.6. The number of pyridine rings is 1. The molecule has 0 atom stereocenters. The van der Waals surface area contributed by atoms with E-state index in [1.54, 1.807) is 0 Å². The molecule has 0 saturated heterocycles. The summed E-state index contributed by atoms with van der Waals surface area (Å²) in [6.45, 7) is 2.38. The summed E-state index contributed by atoms with van der Waals surface area (Å²) in [7, 11) is 0. The molecule has 0 spiro atoms. The summed E-state index contributed by atoms with van der Waals surface area (Å²) >= 11 is 3.53. The van der Waals surface area contributed by atoms with Crippen LogP contribution in [0.25, 0.3) is 0 Å². The molecule has 0 bridgehead atoms. The Hall–Kier alpha value is -1.55. The maximum atomic E-state index is 5.79. The van der Waals surface area contributed by atoms with Crippen LogP contribution in [0.2, 0.25) is 0 Å². The van der Waals surface area contributed by atoms with Gasteiger partial charge in [-0.2, -0.15) is 0 Å². The Bertz CT molecular complexity index is 574. The van der Waals surface area contributed by atoms with Gasteiger partial charge in [0.15, 0.2) is 0 Å². The van der Waals surface area contributed by atoms with Crippen LogP contribution in [0.3, 0.4) is 0 Å². The molecule has 3 rings (SSSR count). The van der Waals surface area contributed by atoms with Gasteiger partial charge >= 0.3 is 0 Å². The minimum absolute atomic E-state index is 0.690. The lowest BCUT2D eigenvalue weighted by Crippen LogP contribution is -2.27. The molecule has 0 saturated carbocycles. The first kappa shape index (κ1) is 12.5. The Morgan fingerprint density at radius 1 is 1.21 bits per heavy atom. The number of rotatable bonds is 2. The van der Waals surface area contributed by atoms with Crippen LogP contribution in [-0.4, -0.2) is 18.1 Å². The first-order chi connectivity index (χ1) is 9.38. The van der Waals surface area contributed by atoms with Crippen molar-refractivity contribution in [3.63, 3.8) is 0 Å². The van der Waals surface area contributed by atoms with Crippen LogP contribution in [0.15, 0.2) is 42.6 Å². The molecule has 2 aromatic rings. The van der Waals surface area contributed by atoms with Crippen LogP contribution in [0.4, 0.5) is 5.82 Å². The van der Waals surface area contributed by atoms with Crippen LogP contribution < -0.4 is 9.64 Å². The number of para-hydroxylation sites is 1. The highest BCUT2D eigenvalue weighted by molar-refractivity contribution is 9.08. The second kappa shape index (κ2) is 5.61. The molecule has 2 heterocycles. The molecule has 0 unspecified atom stereocenters. The predicted molar refractivity (Wildman–Crippen MR) is 79.9 cm³/mol. The topological polar surface area (TPSA) is 25.4 Å². The molecule has 4 heteroatoms. The van der Waals surface area contributed by atoms with Gasteiger partial charge in [0.1, 0.15) is 18.2 Å². The van der Waals surface area contributed by atoms with Crippen molar-refractivity contribution in [2.45, 2.75) is 11.9 Å². The fourth-order valence-electron chi connectivity index (χ4n) is 2.33. The quantitative estimate of drug-likeness (QED) is 0.794. The molecular formula is C15H15BrN2O. The minimum Gasteiger partial charge on any atom is -0.491 e. The Labute approximate surface area is 121 Å². The molecule has 3 nitrogen and oxygen atoms in total. The smallest absolute Gasteiger partial charge is 0.132 e. The Morgan fingerprint density at radius 2 is 2.11 bits per heavy atom. The third-order valence-corrected chi connectivity index (χ3v) is 3.87. The van der Waals surface area contributed by atoms with Crippen molar-refractivity contribution in [3.8, 4) is 5.75 Å². The summed E-state index contributed by atoms with van der Waals surface area (Å²) in [4.78, 5) is 6.81. The Kier molecular flexibility index (Phi) is 3.69. The molecule has 98 valence electrons.